The highest BCUT2D eigenvalue weighted by molar-refractivity contribution is 6.18. The smallest absolute Gasteiger partial charge is 0.0780 e. The summed E-state index contributed by atoms with van der Waals surface area (Å²) in [6.45, 7) is 2.16. The largest absolute Gasteiger partial charge is 0.256 e. The summed E-state index contributed by atoms with van der Waals surface area (Å²) in [7, 11) is 0. The van der Waals surface area contributed by atoms with Crippen molar-refractivity contribution in [1.29, 1.82) is 0 Å². The Labute approximate surface area is 181 Å². The Hall–Kier alpha value is -3.97. The fourth-order valence-electron chi connectivity index (χ4n) is 4.70. The molecule has 0 N–H and O–H groups in total. The second-order valence-corrected chi connectivity index (χ2v) is 8.16. The first-order valence-corrected chi connectivity index (χ1v) is 10.6. The molecule has 31 heavy (non-hydrogen) atoms. The van der Waals surface area contributed by atoms with E-state index in [9.17, 15) is 0 Å². The molecule has 0 aliphatic carbocycles. The van der Waals surface area contributed by atoms with Crippen molar-refractivity contribution in [1.82, 2.24) is 4.98 Å². The third kappa shape index (κ3) is 2.98. The highest BCUT2D eigenvalue weighted by Gasteiger charge is 2.11. The number of benzene rings is 5. The van der Waals surface area contributed by atoms with Crippen LogP contribution < -0.4 is 0 Å². The van der Waals surface area contributed by atoms with E-state index in [2.05, 4.69) is 110 Å². The first-order valence-electron chi connectivity index (χ1n) is 10.6. The molecular formula is C30H21N. The summed E-state index contributed by atoms with van der Waals surface area (Å²) in [5.74, 6) is 0. The maximum absolute atomic E-state index is 4.82. The molecule has 0 fully saturated rings. The molecule has 1 heterocycles. The van der Waals surface area contributed by atoms with E-state index in [1.54, 1.807) is 0 Å². The van der Waals surface area contributed by atoms with E-state index >= 15 is 0 Å². The van der Waals surface area contributed by atoms with Gasteiger partial charge in [-0.05, 0) is 68.7 Å². The van der Waals surface area contributed by atoms with Crippen molar-refractivity contribution in [2.24, 2.45) is 0 Å². The van der Waals surface area contributed by atoms with Crippen LogP contribution in [0.5, 0.6) is 0 Å². The van der Waals surface area contributed by atoms with Gasteiger partial charge in [0.05, 0.1) is 5.69 Å². The van der Waals surface area contributed by atoms with Gasteiger partial charge in [0, 0.05) is 17.1 Å². The van der Waals surface area contributed by atoms with Gasteiger partial charge in [-0.15, -0.1) is 0 Å². The van der Waals surface area contributed by atoms with Crippen molar-refractivity contribution >= 4 is 32.3 Å². The molecule has 0 aliphatic heterocycles. The maximum atomic E-state index is 4.82. The van der Waals surface area contributed by atoms with E-state index in [1.807, 2.05) is 6.20 Å². The number of hydrogen-bond acceptors (Lipinski definition) is 1. The highest BCUT2D eigenvalue weighted by Crippen LogP contribution is 2.36. The topological polar surface area (TPSA) is 12.9 Å². The van der Waals surface area contributed by atoms with Gasteiger partial charge < -0.3 is 0 Å². The van der Waals surface area contributed by atoms with Crippen LogP contribution in [0, 0.1) is 6.92 Å². The molecule has 0 unspecified atom stereocenters. The maximum Gasteiger partial charge on any atom is 0.0780 e. The average molecular weight is 396 g/mol. The van der Waals surface area contributed by atoms with E-state index < -0.39 is 0 Å². The quantitative estimate of drug-likeness (QED) is 0.269. The predicted octanol–water partition coefficient (Wildman–Crippen LogP) is 8.18. The van der Waals surface area contributed by atoms with Crippen LogP contribution in [0.25, 0.3) is 54.7 Å². The summed E-state index contributed by atoms with van der Waals surface area (Å²) in [6.07, 6.45) is 1.94. The van der Waals surface area contributed by atoms with Crippen LogP contribution in [0.15, 0.2) is 109 Å². The summed E-state index contributed by atoms with van der Waals surface area (Å²) in [4.78, 5) is 4.82. The monoisotopic (exact) mass is 395 g/mol. The van der Waals surface area contributed by atoms with E-state index in [-0.39, 0.29) is 0 Å². The second kappa shape index (κ2) is 7.07. The molecule has 0 bridgehead atoms. The first kappa shape index (κ1) is 17.9. The van der Waals surface area contributed by atoms with Crippen molar-refractivity contribution in [3.63, 3.8) is 0 Å². The van der Waals surface area contributed by atoms with Gasteiger partial charge in [-0.3, -0.25) is 4.98 Å². The van der Waals surface area contributed by atoms with Gasteiger partial charge in [-0.1, -0.05) is 84.9 Å². The standard InChI is InChI=1S/C30H21N/c1-20-17-23(21-7-3-2-4-8-21)19-24(18-20)30-29-14-13-26-25-10-6-5-9-22(25)11-12-27(26)28(29)15-16-31-30/h2-19H,1H3. The molecule has 5 aromatic carbocycles. The third-order valence-electron chi connectivity index (χ3n) is 6.13. The lowest BCUT2D eigenvalue weighted by atomic mass is 9.93. The molecule has 6 aromatic rings. The number of fused-ring (bicyclic) bond motifs is 5. The molecule has 0 atom stereocenters. The summed E-state index contributed by atoms with van der Waals surface area (Å²) >= 11 is 0. The Kier molecular flexibility index (Phi) is 4.07. The summed E-state index contributed by atoms with van der Waals surface area (Å²) in [5.41, 5.74) is 5.88. The molecule has 1 heteroatoms. The van der Waals surface area contributed by atoms with Crippen molar-refractivity contribution < 1.29 is 0 Å². The van der Waals surface area contributed by atoms with Crippen LogP contribution in [0.3, 0.4) is 0 Å². The summed E-state index contributed by atoms with van der Waals surface area (Å²) < 4.78 is 0. The van der Waals surface area contributed by atoms with E-state index in [0.29, 0.717) is 0 Å². The van der Waals surface area contributed by atoms with E-state index in [4.69, 9.17) is 4.98 Å². The van der Waals surface area contributed by atoms with Gasteiger partial charge in [0.1, 0.15) is 0 Å². The second-order valence-electron chi connectivity index (χ2n) is 8.16. The number of nitrogens with zero attached hydrogens (tertiary/aromatic N) is 1. The Morgan fingerprint density at radius 2 is 1.16 bits per heavy atom. The SMILES string of the molecule is Cc1cc(-c2ccccc2)cc(-c2nccc3c2ccc2c4ccccc4ccc32)c1. The fraction of sp³-hybridized carbons (Fsp3) is 0.0333. The number of aryl methyl sites for hydroxylation is 1. The molecule has 1 aromatic heterocycles. The lowest BCUT2D eigenvalue weighted by Crippen LogP contribution is -1.90. The molecule has 6 rings (SSSR count). The van der Waals surface area contributed by atoms with Gasteiger partial charge in [-0.2, -0.15) is 0 Å². The van der Waals surface area contributed by atoms with Gasteiger partial charge in [0.15, 0.2) is 0 Å². The Morgan fingerprint density at radius 1 is 0.484 bits per heavy atom. The van der Waals surface area contributed by atoms with Crippen molar-refractivity contribution in [3.8, 4) is 22.4 Å². The number of aromatic nitrogens is 1. The Morgan fingerprint density at radius 3 is 2.06 bits per heavy atom. The molecule has 0 aliphatic rings. The fourth-order valence-corrected chi connectivity index (χ4v) is 4.70. The van der Waals surface area contributed by atoms with Gasteiger partial charge in [0.2, 0.25) is 0 Å². The van der Waals surface area contributed by atoms with Crippen LogP contribution in [-0.2, 0) is 0 Å². The van der Waals surface area contributed by atoms with Crippen LogP contribution in [0.4, 0.5) is 0 Å². The van der Waals surface area contributed by atoms with Crippen LogP contribution in [-0.4, -0.2) is 4.98 Å². The van der Waals surface area contributed by atoms with Crippen LogP contribution in [0.1, 0.15) is 5.56 Å². The first-order chi connectivity index (χ1) is 15.3. The Balaban J connectivity index is 1.61. The van der Waals surface area contributed by atoms with E-state index in [0.717, 1.165) is 11.3 Å². The van der Waals surface area contributed by atoms with Crippen molar-refractivity contribution in [2.45, 2.75) is 6.92 Å². The Bertz CT molecular complexity index is 1580. The zero-order valence-electron chi connectivity index (χ0n) is 17.3. The minimum atomic E-state index is 1.04. The molecule has 0 amide bonds. The number of pyridine rings is 1. The van der Waals surface area contributed by atoms with Crippen LogP contribution >= 0.6 is 0 Å². The predicted molar refractivity (Wildman–Crippen MR) is 132 cm³/mol. The molecule has 0 saturated carbocycles. The minimum absolute atomic E-state index is 1.04. The van der Waals surface area contributed by atoms with Gasteiger partial charge in [0.25, 0.3) is 0 Å². The molecule has 146 valence electrons. The lowest BCUT2D eigenvalue weighted by Gasteiger charge is -2.12. The van der Waals surface area contributed by atoms with Gasteiger partial charge in [-0.25, -0.2) is 0 Å². The molecular weight excluding hydrogens is 374 g/mol. The molecule has 1 nitrogen and oxygen atoms in total. The lowest BCUT2D eigenvalue weighted by molar-refractivity contribution is 1.35. The normalized spacial score (nSPS) is 11.4. The van der Waals surface area contributed by atoms with E-state index in [1.165, 1.54) is 49.0 Å². The van der Waals surface area contributed by atoms with Gasteiger partial charge >= 0.3 is 0 Å². The van der Waals surface area contributed by atoms with Crippen molar-refractivity contribution in [3.05, 3.63) is 115 Å². The zero-order valence-corrected chi connectivity index (χ0v) is 17.3. The number of rotatable bonds is 2. The molecule has 0 spiro atoms. The summed E-state index contributed by atoms with van der Waals surface area (Å²) in [6, 6.07) is 37.0. The molecule has 0 radical (unpaired) electrons. The van der Waals surface area contributed by atoms with Crippen molar-refractivity contribution in [2.75, 3.05) is 0 Å². The summed E-state index contributed by atoms with van der Waals surface area (Å²) in [5, 5.41) is 7.57. The molecule has 0 saturated heterocycles. The van der Waals surface area contributed by atoms with Crippen LogP contribution in [0.2, 0.25) is 0 Å². The zero-order chi connectivity index (χ0) is 20.8. The average Bonchev–Trinajstić information content (AvgIpc) is 2.83. The third-order valence-corrected chi connectivity index (χ3v) is 6.13. The number of hydrogen-bond donors (Lipinski definition) is 0. The minimum Gasteiger partial charge on any atom is -0.256 e. The highest BCUT2D eigenvalue weighted by atomic mass is 14.7.